The van der Waals surface area contributed by atoms with Crippen LogP contribution in [-0.2, 0) is 0 Å². The molecule has 1 aromatic rings. The lowest BCUT2D eigenvalue weighted by Gasteiger charge is -2.32. The number of amides is 1. The van der Waals surface area contributed by atoms with Crippen LogP contribution in [0.2, 0.25) is 0 Å². The zero-order valence-corrected chi connectivity index (χ0v) is 14.3. The normalized spacial score (nSPS) is 16.3. The summed E-state index contributed by atoms with van der Waals surface area (Å²) in [6.07, 6.45) is 11.1. The number of carbonyl (C=O) groups excluding carboxylic acids is 1. The van der Waals surface area contributed by atoms with E-state index in [-0.39, 0.29) is 5.91 Å². The van der Waals surface area contributed by atoms with Crippen molar-refractivity contribution in [2.24, 2.45) is 0 Å². The van der Waals surface area contributed by atoms with Gasteiger partial charge in [0.1, 0.15) is 6.33 Å². The third kappa shape index (κ3) is 4.05. The van der Waals surface area contributed by atoms with Crippen LogP contribution in [0.25, 0.3) is 0 Å². The van der Waals surface area contributed by atoms with Crippen LogP contribution in [0.4, 0.5) is 0 Å². The molecule has 0 bridgehead atoms. The van der Waals surface area contributed by atoms with Crippen LogP contribution in [0.5, 0.6) is 0 Å². The van der Waals surface area contributed by atoms with Crippen molar-refractivity contribution in [3.8, 4) is 0 Å². The van der Waals surface area contributed by atoms with Gasteiger partial charge in [-0.2, -0.15) is 0 Å². The van der Waals surface area contributed by atoms with E-state index in [1.54, 1.807) is 6.33 Å². The third-order valence-corrected chi connectivity index (χ3v) is 4.72. The first-order valence-corrected chi connectivity index (χ1v) is 8.74. The van der Waals surface area contributed by atoms with Gasteiger partial charge in [0, 0.05) is 12.6 Å². The van der Waals surface area contributed by atoms with Crippen LogP contribution in [0.1, 0.15) is 80.0 Å². The second kappa shape index (κ2) is 8.25. The van der Waals surface area contributed by atoms with Gasteiger partial charge in [-0.25, -0.2) is 9.97 Å². The summed E-state index contributed by atoms with van der Waals surface area (Å²) >= 11 is 0. The molecule has 1 fully saturated rings. The zero-order chi connectivity index (χ0) is 15.9. The molecule has 122 valence electrons. The maximum absolute atomic E-state index is 13.1. The molecule has 1 aliphatic rings. The minimum Gasteiger partial charge on any atom is -0.336 e. The van der Waals surface area contributed by atoms with E-state index in [1.807, 2.05) is 13.8 Å². The summed E-state index contributed by atoms with van der Waals surface area (Å²) < 4.78 is 0. The van der Waals surface area contributed by atoms with Crippen LogP contribution in [0.15, 0.2) is 6.33 Å². The van der Waals surface area contributed by atoms with Crippen molar-refractivity contribution in [1.82, 2.24) is 14.9 Å². The Kier molecular flexibility index (Phi) is 6.34. The lowest BCUT2D eigenvalue weighted by molar-refractivity contribution is 0.0654. The van der Waals surface area contributed by atoms with Crippen LogP contribution < -0.4 is 0 Å². The molecule has 0 spiro atoms. The smallest absolute Gasteiger partial charge is 0.257 e. The van der Waals surface area contributed by atoms with Crippen molar-refractivity contribution in [1.29, 1.82) is 0 Å². The fourth-order valence-corrected chi connectivity index (χ4v) is 3.39. The predicted octanol–water partition coefficient (Wildman–Crippen LogP) is 4.06. The number of hydrogen-bond donors (Lipinski definition) is 0. The molecule has 0 unspecified atom stereocenters. The molecule has 2 rings (SSSR count). The summed E-state index contributed by atoms with van der Waals surface area (Å²) in [4.78, 5) is 23.7. The first-order valence-electron chi connectivity index (χ1n) is 8.74. The SMILES string of the molecule is CCCCN(C(=O)c1c(C)ncnc1C)C1CCCCCC1. The number of nitrogens with zero attached hydrogens (tertiary/aromatic N) is 3. The zero-order valence-electron chi connectivity index (χ0n) is 14.3. The molecular formula is C18H29N3O. The van der Waals surface area contributed by atoms with E-state index < -0.39 is 0 Å². The summed E-state index contributed by atoms with van der Waals surface area (Å²) in [6, 6.07) is 0.389. The van der Waals surface area contributed by atoms with E-state index in [0.717, 1.165) is 43.6 Å². The van der Waals surface area contributed by atoms with Crippen molar-refractivity contribution >= 4 is 5.91 Å². The van der Waals surface area contributed by atoms with Gasteiger partial charge < -0.3 is 4.90 Å². The Morgan fingerprint density at radius 1 is 1.14 bits per heavy atom. The van der Waals surface area contributed by atoms with E-state index in [9.17, 15) is 4.79 Å². The molecule has 4 nitrogen and oxygen atoms in total. The molecule has 22 heavy (non-hydrogen) atoms. The average molecular weight is 303 g/mol. The molecule has 4 heteroatoms. The fourth-order valence-electron chi connectivity index (χ4n) is 3.39. The summed E-state index contributed by atoms with van der Waals surface area (Å²) in [7, 11) is 0. The Morgan fingerprint density at radius 2 is 1.73 bits per heavy atom. The molecule has 1 heterocycles. The van der Waals surface area contributed by atoms with Gasteiger partial charge in [0.2, 0.25) is 0 Å². The molecule has 1 saturated carbocycles. The monoisotopic (exact) mass is 303 g/mol. The number of aryl methyl sites for hydroxylation is 2. The highest BCUT2D eigenvalue weighted by atomic mass is 16.2. The molecule has 0 radical (unpaired) electrons. The first-order chi connectivity index (χ1) is 10.6. The van der Waals surface area contributed by atoms with E-state index >= 15 is 0 Å². The second-order valence-electron chi connectivity index (χ2n) is 6.42. The third-order valence-electron chi connectivity index (χ3n) is 4.72. The van der Waals surface area contributed by atoms with Crippen LogP contribution in [0.3, 0.4) is 0 Å². The highest BCUT2D eigenvalue weighted by Crippen LogP contribution is 2.25. The highest BCUT2D eigenvalue weighted by Gasteiger charge is 2.27. The van der Waals surface area contributed by atoms with E-state index in [2.05, 4.69) is 21.8 Å². The van der Waals surface area contributed by atoms with Crippen LogP contribution in [0, 0.1) is 13.8 Å². The van der Waals surface area contributed by atoms with Crippen LogP contribution >= 0.6 is 0 Å². The van der Waals surface area contributed by atoms with Gasteiger partial charge in [-0.1, -0.05) is 39.0 Å². The first kappa shape index (κ1) is 16.9. The maximum Gasteiger partial charge on any atom is 0.257 e. The number of carbonyl (C=O) groups is 1. The van der Waals surface area contributed by atoms with Gasteiger partial charge in [-0.3, -0.25) is 4.79 Å². The molecule has 0 atom stereocenters. The number of hydrogen-bond acceptors (Lipinski definition) is 3. The summed E-state index contributed by atoms with van der Waals surface area (Å²) in [5.41, 5.74) is 2.31. The number of aromatic nitrogens is 2. The lowest BCUT2D eigenvalue weighted by atomic mass is 10.0. The van der Waals surface area contributed by atoms with Gasteiger partial charge in [-0.15, -0.1) is 0 Å². The maximum atomic E-state index is 13.1. The standard InChI is InChI=1S/C18H29N3O/c1-4-5-12-21(16-10-8-6-7-9-11-16)18(22)17-14(2)19-13-20-15(17)3/h13,16H,4-12H2,1-3H3. The molecule has 0 saturated heterocycles. The minimum atomic E-state index is 0.135. The van der Waals surface area contributed by atoms with Crippen molar-refractivity contribution in [3.63, 3.8) is 0 Å². The van der Waals surface area contributed by atoms with E-state index in [0.29, 0.717) is 11.6 Å². The van der Waals surface area contributed by atoms with Gasteiger partial charge in [-0.05, 0) is 33.1 Å². The van der Waals surface area contributed by atoms with Crippen molar-refractivity contribution in [2.75, 3.05) is 6.54 Å². The van der Waals surface area contributed by atoms with Gasteiger partial charge in [0.15, 0.2) is 0 Å². The van der Waals surface area contributed by atoms with Gasteiger partial charge >= 0.3 is 0 Å². The molecule has 0 aromatic carbocycles. The molecule has 1 aliphatic carbocycles. The number of rotatable bonds is 5. The van der Waals surface area contributed by atoms with Gasteiger partial charge in [0.25, 0.3) is 5.91 Å². The largest absolute Gasteiger partial charge is 0.336 e. The Labute approximate surface area is 134 Å². The molecule has 1 amide bonds. The quantitative estimate of drug-likeness (QED) is 0.771. The van der Waals surface area contributed by atoms with Crippen molar-refractivity contribution in [2.45, 2.75) is 78.2 Å². The topological polar surface area (TPSA) is 46.1 Å². The van der Waals surface area contributed by atoms with Crippen LogP contribution in [-0.4, -0.2) is 33.4 Å². The lowest BCUT2D eigenvalue weighted by Crippen LogP contribution is -2.41. The molecular weight excluding hydrogens is 274 g/mol. The molecule has 1 aromatic heterocycles. The van der Waals surface area contributed by atoms with Gasteiger partial charge in [0.05, 0.1) is 17.0 Å². The minimum absolute atomic E-state index is 0.135. The summed E-state index contributed by atoms with van der Waals surface area (Å²) in [5.74, 6) is 0.135. The van der Waals surface area contributed by atoms with E-state index in [1.165, 1.54) is 25.7 Å². The Balaban J connectivity index is 2.25. The van der Waals surface area contributed by atoms with E-state index in [4.69, 9.17) is 0 Å². The molecule has 0 N–H and O–H groups in total. The second-order valence-corrected chi connectivity index (χ2v) is 6.42. The Hall–Kier alpha value is -1.45. The number of unbranched alkanes of at least 4 members (excludes halogenated alkanes) is 1. The molecule has 0 aliphatic heterocycles. The summed E-state index contributed by atoms with van der Waals surface area (Å²) in [6.45, 7) is 6.85. The predicted molar refractivity (Wildman–Crippen MR) is 88.9 cm³/mol. The fraction of sp³-hybridized carbons (Fsp3) is 0.722. The Morgan fingerprint density at radius 3 is 2.27 bits per heavy atom. The average Bonchev–Trinajstić information content (AvgIpc) is 2.77. The summed E-state index contributed by atoms with van der Waals surface area (Å²) in [5, 5.41) is 0. The Bertz CT molecular complexity index is 473. The van der Waals surface area contributed by atoms with Crippen molar-refractivity contribution < 1.29 is 4.79 Å². The highest BCUT2D eigenvalue weighted by molar-refractivity contribution is 5.96. The van der Waals surface area contributed by atoms with Crippen molar-refractivity contribution in [3.05, 3.63) is 23.3 Å².